The third-order valence-electron chi connectivity index (χ3n) is 5.92. The van der Waals surface area contributed by atoms with E-state index < -0.39 is 0 Å². The molecule has 4 N–H and O–H groups in total. The van der Waals surface area contributed by atoms with E-state index in [1.54, 1.807) is 0 Å². The Hall–Kier alpha value is -1.18. The molecule has 0 saturated heterocycles. The smallest absolute Gasteiger partial charge is 0.0353 e. The maximum Gasteiger partial charge on any atom is 0.0353 e. The Balaban J connectivity index is 3.34. The van der Waals surface area contributed by atoms with E-state index in [0.717, 1.165) is 36.1 Å². The van der Waals surface area contributed by atoms with E-state index in [-0.39, 0.29) is 0 Å². The first-order valence-corrected chi connectivity index (χ1v) is 10.1. The Morgan fingerprint density at radius 1 is 0.667 bits per heavy atom. The van der Waals surface area contributed by atoms with Crippen LogP contribution in [-0.4, -0.2) is 0 Å². The van der Waals surface area contributed by atoms with Crippen molar-refractivity contribution in [2.45, 2.75) is 91.9 Å². The van der Waals surface area contributed by atoms with Gasteiger partial charge in [-0.25, -0.2) is 0 Å². The van der Waals surface area contributed by atoms with E-state index in [0.29, 0.717) is 11.8 Å². The highest BCUT2D eigenvalue weighted by Gasteiger charge is 2.25. The second-order valence-corrected chi connectivity index (χ2v) is 7.78. The predicted octanol–water partition coefficient (Wildman–Crippen LogP) is 6.71. The lowest BCUT2D eigenvalue weighted by atomic mass is 9.77. The standard InChI is InChI=1S/C22H40N2/c1-7-15(5)13-17(9-3)21-19(23)11-12-20(24)22(21)18(10-4)14-16(6)8-2/h11-12,15-18H,7-10,13-14,23-24H2,1-6H3. The first-order valence-electron chi connectivity index (χ1n) is 10.1. The summed E-state index contributed by atoms with van der Waals surface area (Å²) in [7, 11) is 0. The van der Waals surface area contributed by atoms with Crippen LogP contribution in [0.4, 0.5) is 11.4 Å². The quantitative estimate of drug-likeness (QED) is 0.468. The molecule has 0 aliphatic rings. The van der Waals surface area contributed by atoms with Crippen LogP contribution in [0.2, 0.25) is 0 Å². The van der Waals surface area contributed by atoms with Crippen molar-refractivity contribution in [1.82, 2.24) is 0 Å². The van der Waals surface area contributed by atoms with Gasteiger partial charge in [0.25, 0.3) is 0 Å². The number of hydrogen-bond donors (Lipinski definition) is 2. The average molecular weight is 333 g/mol. The molecule has 1 rings (SSSR count). The fourth-order valence-corrected chi connectivity index (χ4v) is 3.86. The van der Waals surface area contributed by atoms with Crippen molar-refractivity contribution in [3.05, 3.63) is 23.3 Å². The van der Waals surface area contributed by atoms with Crippen molar-refractivity contribution >= 4 is 11.4 Å². The van der Waals surface area contributed by atoms with Crippen molar-refractivity contribution in [3.8, 4) is 0 Å². The van der Waals surface area contributed by atoms with Crippen LogP contribution in [0.1, 0.15) is 103 Å². The summed E-state index contributed by atoms with van der Waals surface area (Å²) in [6.45, 7) is 13.8. The highest BCUT2D eigenvalue weighted by Crippen LogP contribution is 2.43. The van der Waals surface area contributed by atoms with Crippen LogP contribution in [-0.2, 0) is 0 Å². The van der Waals surface area contributed by atoms with Gasteiger partial charge in [0.2, 0.25) is 0 Å². The molecule has 138 valence electrons. The second kappa shape index (κ2) is 9.96. The molecule has 0 heterocycles. The topological polar surface area (TPSA) is 52.0 Å². The molecular weight excluding hydrogens is 292 g/mol. The molecule has 0 bridgehead atoms. The second-order valence-electron chi connectivity index (χ2n) is 7.78. The number of rotatable bonds is 10. The highest BCUT2D eigenvalue weighted by atomic mass is 14.6. The summed E-state index contributed by atoms with van der Waals surface area (Å²) in [5.74, 6) is 2.48. The largest absolute Gasteiger partial charge is 0.398 e. The van der Waals surface area contributed by atoms with E-state index in [9.17, 15) is 0 Å². The Labute approximate surface area is 150 Å². The number of nitrogen functional groups attached to an aromatic ring is 2. The summed E-state index contributed by atoms with van der Waals surface area (Å²) >= 11 is 0. The fourth-order valence-electron chi connectivity index (χ4n) is 3.86. The van der Waals surface area contributed by atoms with Crippen molar-refractivity contribution in [3.63, 3.8) is 0 Å². The van der Waals surface area contributed by atoms with Gasteiger partial charge < -0.3 is 11.5 Å². The predicted molar refractivity (Wildman–Crippen MR) is 109 cm³/mol. The third-order valence-corrected chi connectivity index (χ3v) is 5.92. The van der Waals surface area contributed by atoms with E-state index in [1.165, 1.54) is 36.8 Å². The Bertz CT molecular complexity index is 450. The molecule has 24 heavy (non-hydrogen) atoms. The summed E-state index contributed by atoms with van der Waals surface area (Å²) < 4.78 is 0. The normalized spacial score (nSPS) is 16.6. The van der Waals surface area contributed by atoms with Crippen LogP contribution in [0.15, 0.2) is 12.1 Å². The van der Waals surface area contributed by atoms with Gasteiger partial charge in [0.1, 0.15) is 0 Å². The molecule has 0 radical (unpaired) electrons. The molecular formula is C22H40N2. The molecule has 0 amide bonds. The van der Waals surface area contributed by atoms with E-state index in [4.69, 9.17) is 11.5 Å². The minimum absolute atomic E-state index is 0.518. The van der Waals surface area contributed by atoms with E-state index in [2.05, 4.69) is 41.5 Å². The molecule has 4 atom stereocenters. The molecule has 2 nitrogen and oxygen atoms in total. The molecule has 1 aromatic rings. The van der Waals surface area contributed by atoms with Crippen molar-refractivity contribution < 1.29 is 0 Å². The minimum Gasteiger partial charge on any atom is -0.398 e. The first-order chi connectivity index (χ1) is 11.4. The zero-order chi connectivity index (χ0) is 18.3. The van der Waals surface area contributed by atoms with Crippen LogP contribution in [0.25, 0.3) is 0 Å². The Morgan fingerprint density at radius 2 is 1.00 bits per heavy atom. The van der Waals surface area contributed by atoms with Gasteiger partial charge >= 0.3 is 0 Å². The van der Waals surface area contributed by atoms with Crippen molar-refractivity contribution in [2.75, 3.05) is 11.5 Å². The number of benzene rings is 1. The monoisotopic (exact) mass is 332 g/mol. The van der Waals surface area contributed by atoms with Gasteiger partial charge in [-0.3, -0.25) is 0 Å². The summed E-state index contributed by atoms with van der Waals surface area (Å²) in [5, 5.41) is 0. The van der Waals surface area contributed by atoms with Gasteiger partial charge in [0, 0.05) is 11.4 Å². The van der Waals surface area contributed by atoms with Crippen LogP contribution in [0, 0.1) is 11.8 Å². The van der Waals surface area contributed by atoms with E-state index in [1.807, 2.05) is 12.1 Å². The van der Waals surface area contributed by atoms with Crippen LogP contribution in [0.3, 0.4) is 0 Å². The van der Waals surface area contributed by atoms with Crippen LogP contribution < -0.4 is 11.5 Å². The Kier molecular flexibility index (Phi) is 8.66. The fraction of sp³-hybridized carbons (Fsp3) is 0.727. The van der Waals surface area contributed by atoms with E-state index >= 15 is 0 Å². The maximum absolute atomic E-state index is 6.48. The first kappa shape index (κ1) is 20.9. The zero-order valence-electron chi connectivity index (χ0n) is 16.9. The van der Waals surface area contributed by atoms with Crippen molar-refractivity contribution in [2.24, 2.45) is 11.8 Å². The lowest BCUT2D eigenvalue weighted by Crippen LogP contribution is -2.15. The molecule has 0 spiro atoms. The molecule has 0 fully saturated rings. The summed E-state index contributed by atoms with van der Waals surface area (Å²) in [5.41, 5.74) is 17.6. The minimum atomic E-state index is 0.518. The zero-order valence-corrected chi connectivity index (χ0v) is 16.9. The third kappa shape index (κ3) is 5.16. The molecule has 4 unspecified atom stereocenters. The summed E-state index contributed by atoms with van der Waals surface area (Å²) in [6, 6.07) is 4.03. The SMILES string of the molecule is CCC(C)CC(CC)c1c(N)ccc(N)c1C(CC)CC(C)CC. The van der Waals surface area contributed by atoms with Gasteiger partial charge in [-0.05, 0) is 72.6 Å². The molecule has 0 saturated carbocycles. The molecule has 0 aromatic heterocycles. The van der Waals surface area contributed by atoms with Crippen molar-refractivity contribution in [1.29, 1.82) is 0 Å². The summed E-state index contributed by atoms with van der Waals surface area (Å²) in [4.78, 5) is 0. The van der Waals surface area contributed by atoms with Gasteiger partial charge in [0.05, 0.1) is 0 Å². The van der Waals surface area contributed by atoms with Gasteiger partial charge in [0.15, 0.2) is 0 Å². The summed E-state index contributed by atoms with van der Waals surface area (Å²) in [6.07, 6.45) is 7.10. The average Bonchev–Trinajstić information content (AvgIpc) is 2.59. The maximum atomic E-state index is 6.48. The van der Waals surface area contributed by atoms with Gasteiger partial charge in [-0.2, -0.15) is 0 Å². The van der Waals surface area contributed by atoms with Gasteiger partial charge in [-0.15, -0.1) is 0 Å². The highest BCUT2D eigenvalue weighted by molar-refractivity contribution is 5.64. The molecule has 0 aliphatic carbocycles. The van der Waals surface area contributed by atoms with Crippen LogP contribution in [0.5, 0.6) is 0 Å². The Morgan fingerprint density at radius 3 is 1.25 bits per heavy atom. The van der Waals surface area contributed by atoms with Crippen LogP contribution >= 0.6 is 0 Å². The number of hydrogen-bond acceptors (Lipinski definition) is 2. The lowest BCUT2D eigenvalue weighted by molar-refractivity contribution is 0.427. The van der Waals surface area contributed by atoms with Gasteiger partial charge in [-0.1, -0.05) is 54.4 Å². The molecule has 2 heteroatoms. The molecule has 0 aliphatic heterocycles. The number of nitrogens with two attached hydrogens (primary N) is 2. The number of anilines is 2. The lowest BCUT2D eigenvalue weighted by Gasteiger charge is -2.29. The molecule has 1 aromatic carbocycles.